The third-order valence-electron chi connectivity index (χ3n) is 5.39. The van der Waals surface area contributed by atoms with Gasteiger partial charge in [-0.25, -0.2) is 4.39 Å². The maximum atomic E-state index is 13.4. The van der Waals surface area contributed by atoms with E-state index < -0.39 is 20.4 Å². The molecule has 0 aliphatic carbocycles. The van der Waals surface area contributed by atoms with E-state index in [9.17, 15) is 14.3 Å². The van der Waals surface area contributed by atoms with E-state index in [1.165, 1.54) is 12.1 Å². The fraction of sp³-hybridized carbons (Fsp3) is 0.208. The zero-order valence-corrected chi connectivity index (χ0v) is 18.6. The maximum Gasteiger partial charge on any atom is 0.200 e. The third kappa shape index (κ3) is 5.38. The largest absolute Gasteiger partial charge is 0.457 e. The predicted octanol–water partition coefficient (Wildman–Crippen LogP) is 4.02. The van der Waals surface area contributed by atoms with Crippen LogP contribution < -0.4 is 15.9 Å². The minimum atomic E-state index is -0.979. The number of rotatable bonds is 9. The van der Waals surface area contributed by atoms with E-state index >= 15 is 0 Å². The lowest BCUT2D eigenvalue weighted by atomic mass is 9.93. The molecule has 2 atom stereocenters. The Morgan fingerprint density at radius 3 is 2.61 bits per heavy atom. The van der Waals surface area contributed by atoms with Gasteiger partial charge >= 0.3 is 0 Å². The first kappa shape index (κ1) is 23.3. The molecule has 2 unspecified atom stereocenters. The highest BCUT2D eigenvalue weighted by Crippen LogP contribution is 2.27. The van der Waals surface area contributed by atoms with Crippen molar-refractivity contribution in [1.82, 2.24) is 0 Å². The molecule has 3 aromatic carbocycles. The highest BCUT2D eigenvalue weighted by molar-refractivity contribution is 7.24. The molecule has 4 aromatic rings. The zero-order valence-electron chi connectivity index (χ0n) is 17.6. The number of aryl methyl sites for hydroxylation is 1. The SMILES string of the molecule is NC(CO)(CCc1ccc2c(=O)c3cc(Oc4cccc(F)c4)ccc3oc2c1)COPO. The molecule has 0 bridgehead atoms. The van der Waals surface area contributed by atoms with E-state index in [-0.39, 0.29) is 18.6 Å². The van der Waals surface area contributed by atoms with Crippen molar-refractivity contribution in [3.05, 3.63) is 82.3 Å². The second-order valence-corrected chi connectivity index (χ2v) is 8.35. The summed E-state index contributed by atoms with van der Waals surface area (Å²) in [4.78, 5) is 21.9. The van der Waals surface area contributed by atoms with E-state index in [0.717, 1.165) is 5.56 Å². The number of benzene rings is 3. The van der Waals surface area contributed by atoms with E-state index in [2.05, 4.69) is 0 Å². The first-order valence-corrected chi connectivity index (χ1v) is 11.1. The fourth-order valence-electron chi connectivity index (χ4n) is 3.53. The molecule has 0 saturated heterocycles. The molecule has 0 fully saturated rings. The Labute approximate surface area is 190 Å². The monoisotopic (exact) mass is 471 g/mol. The van der Waals surface area contributed by atoms with Crippen LogP contribution >= 0.6 is 9.03 Å². The quantitative estimate of drug-likeness (QED) is 0.250. The Morgan fingerprint density at radius 1 is 1.03 bits per heavy atom. The first-order valence-electron chi connectivity index (χ1n) is 10.2. The van der Waals surface area contributed by atoms with Gasteiger partial charge in [-0.15, -0.1) is 0 Å². The van der Waals surface area contributed by atoms with E-state index in [1.807, 2.05) is 6.07 Å². The molecule has 4 rings (SSSR count). The van der Waals surface area contributed by atoms with Gasteiger partial charge in [0.05, 0.1) is 29.5 Å². The molecular weight excluding hydrogens is 448 g/mol. The molecule has 7 nitrogen and oxygen atoms in total. The van der Waals surface area contributed by atoms with Crippen LogP contribution in [-0.2, 0) is 10.9 Å². The maximum absolute atomic E-state index is 13.4. The molecule has 172 valence electrons. The summed E-state index contributed by atoms with van der Waals surface area (Å²) in [6.07, 6.45) is 0.936. The smallest absolute Gasteiger partial charge is 0.200 e. The molecule has 0 spiro atoms. The summed E-state index contributed by atoms with van der Waals surface area (Å²) in [5, 5.41) is 10.3. The number of nitrogens with two attached hydrogens (primary N) is 1. The van der Waals surface area contributed by atoms with Crippen LogP contribution in [0.15, 0.2) is 69.9 Å². The fourth-order valence-corrected chi connectivity index (χ4v) is 3.88. The minimum Gasteiger partial charge on any atom is -0.457 e. The van der Waals surface area contributed by atoms with E-state index in [1.54, 1.807) is 42.5 Å². The van der Waals surface area contributed by atoms with Crippen LogP contribution in [0.5, 0.6) is 11.5 Å². The normalized spacial score (nSPS) is 13.7. The average Bonchev–Trinajstić information content (AvgIpc) is 2.82. The molecule has 4 N–H and O–H groups in total. The Balaban J connectivity index is 1.61. The van der Waals surface area contributed by atoms with Gasteiger partial charge in [-0.3, -0.25) is 4.79 Å². The van der Waals surface area contributed by atoms with E-state index in [4.69, 9.17) is 24.3 Å². The highest BCUT2D eigenvalue weighted by atomic mass is 31.1. The van der Waals surface area contributed by atoms with E-state index in [0.29, 0.717) is 46.3 Å². The first-order chi connectivity index (χ1) is 15.9. The van der Waals surface area contributed by atoms with Gasteiger partial charge in [0, 0.05) is 6.07 Å². The molecule has 1 aromatic heterocycles. The highest BCUT2D eigenvalue weighted by Gasteiger charge is 2.24. The van der Waals surface area contributed by atoms with Crippen LogP contribution in [0.2, 0.25) is 0 Å². The van der Waals surface area contributed by atoms with Crippen molar-refractivity contribution in [2.45, 2.75) is 18.4 Å². The second-order valence-electron chi connectivity index (χ2n) is 7.88. The third-order valence-corrected chi connectivity index (χ3v) is 5.66. The molecular formula is C24H23FNO6P. The summed E-state index contributed by atoms with van der Waals surface area (Å²) in [6.45, 7) is -0.253. The lowest BCUT2D eigenvalue weighted by Gasteiger charge is -2.26. The van der Waals surface area contributed by atoms with Crippen LogP contribution in [0, 0.1) is 5.82 Å². The number of halogens is 1. The van der Waals surface area contributed by atoms with Crippen LogP contribution in [-0.4, -0.2) is 28.8 Å². The second kappa shape index (κ2) is 9.95. The van der Waals surface area contributed by atoms with Gasteiger partial charge in [0.2, 0.25) is 5.43 Å². The molecule has 0 amide bonds. The van der Waals surface area contributed by atoms with Gasteiger partial charge in [0.1, 0.15) is 28.5 Å². The van der Waals surface area contributed by atoms with Gasteiger partial charge in [0.15, 0.2) is 9.03 Å². The summed E-state index contributed by atoms with van der Waals surface area (Å²) in [5.74, 6) is 0.306. The Bertz CT molecular complexity index is 1340. The van der Waals surface area contributed by atoms with Gasteiger partial charge < -0.3 is 29.4 Å². The molecule has 0 saturated carbocycles. The molecule has 0 aliphatic heterocycles. The van der Waals surface area contributed by atoms with Gasteiger partial charge in [0.25, 0.3) is 0 Å². The summed E-state index contributed by atoms with van der Waals surface area (Å²) >= 11 is 0. The van der Waals surface area contributed by atoms with Crippen molar-refractivity contribution in [2.24, 2.45) is 5.73 Å². The van der Waals surface area contributed by atoms with Crippen LogP contribution in [0.1, 0.15) is 12.0 Å². The lowest BCUT2D eigenvalue weighted by Crippen LogP contribution is -2.48. The topological polar surface area (TPSA) is 115 Å². The number of fused-ring (bicyclic) bond motifs is 2. The summed E-state index contributed by atoms with van der Waals surface area (Å²) in [7, 11) is -0.695. The van der Waals surface area contributed by atoms with Gasteiger partial charge in [-0.1, -0.05) is 12.1 Å². The average molecular weight is 471 g/mol. The molecule has 0 radical (unpaired) electrons. The molecule has 0 aliphatic rings. The van der Waals surface area contributed by atoms with Gasteiger partial charge in [-0.2, -0.15) is 0 Å². The summed E-state index contributed by atoms with van der Waals surface area (Å²) < 4.78 is 30.0. The van der Waals surface area contributed by atoms with Crippen molar-refractivity contribution < 1.29 is 28.1 Å². The molecule has 1 heterocycles. The van der Waals surface area contributed by atoms with Crippen molar-refractivity contribution in [2.75, 3.05) is 13.2 Å². The number of aliphatic hydroxyl groups excluding tert-OH is 1. The van der Waals surface area contributed by atoms with Crippen molar-refractivity contribution >= 4 is 31.0 Å². The van der Waals surface area contributed by atoms with Gasteiger partial charge in [-0.05, 0) is 60.9 Å². The Hall–Kier alpha value is -2.87. The van der Waals surface area contributed by atoms with Crippen LogP contribution in [0.25, 0.3) is 21.9 Å². The number of hydrogen-bond donors (Lipinski definition) is 3. The van der Waals surface area contributed by atoms with Crippen molar-refractivity contribution in [3.63, 3.8) is 0 Å². The summed E-state index contributed by atoms with van der Waals surface area (Å²) in [5.41, 5.74) is 6.66. The molecule has 9 heteroatoms. The zero-order chi connectivity index (χ0) is 23.4. The van der Waals surface area contributed by atoms with Crippen molar-refractivity contribution in [3.8, 4) is 11.5 Å². The Morgan fingerprint density at radius 2 is 1.85 bits per heavy atom. The Kier molecular flexibility index (Phi) is 7.02. The van der Waals surface area contributed by atoms with Crippen LogP contribution in [0.4, 0.5) is 4.39 Å². The summed E-state index contributed by atoms with van der Waals surface area (Å²) in [6, 6.07) is 15.9. The number of ether oxygens (including phenoxy) is 1. The van der Waals surface area contributed by atoms with Crippen molar-refractivity contribution in [1.29, 1.82) is 0 Å². The minimum absolute atomic E-state index is 0.0335. The number of hydrogen-bond acceptors (Lipinski definition) is 7. The number of aliphatic hydroxyl groups is 1. The predicted molar refractivity (Wildman–Crippen MR) is 125 cm³/mol. The van der Waals surface area contributed by atoms with Crippen LogP contribution in [0.3, 0.4) is 0 Å². The molecule has 33 heavy (non-hydrogen) atoms. The standard InChI is InChI=1S/C24H23FNO6P/c25-16-2-1-3-17(11-16)31-18-5-7-21-20(12-18)23(28)19-6-4-15(10-22(19)32-21)8-9-24(26,13-27)14-30-33-29/h1-7,10-12,27,29,33H,8-9,13-14,26H2. The lowest BCUT2D eigenvalue weighted by molar-refractivity contribution is 0.130.